The minimum absolute atomic E-state index is 0.0470. The van der Waals surface area contributed by atoms with Crippen molar-refractivity contribution in [1.29, 1.82) is 0 Å². The summed E-state index contributed by atoms with van der Waals surface area (Å²) in [6, 6.07) is 9.19. The van der Waals surface area contributed by atoms with Gasteiger partial charge < -0.3 is 19.7 Å². The maximum Gasteiger partial charge on any atom is 0.343 e. The lowest BCUT2D eigenvalue weighted by molar-refractivity contribution is 0.0500. The molecule has 0 amide bonds. The van der Waals surface area contributed by atoms with Gasteiger partial charge in [0.1, 0.15) is 27.5 Å². The molecule has 2 N–H and O–H groups in total. The Morgan fingerprint density at radius 2 is 1.59 bits per heavy atom. The molecule has 2 aromatic carbocycles. The number of sulfone groups is 1. The molecule has 0 fully saturated rings. The normalized spacial score (nSPS) is 11.4. The summed E-state index contributed by atoms with van der Waals surface area (Å²) in [7, 11) is -4.48. The second kappa shape index (κ2) is 9.24. The van der Waals surface area contributed by atoms with Crippen LogP contribution in [0.15, 0.2) is 46.7 Å². The van der Waals surface area contributed by atoms with Crippen LogP contribution in [0.25, 0.3) is 6.08 Å². The number of carbonyl (C=O) groups excluding carboxylic acids is 2. The van der Waals surface area contributed by atoms with E-state index in [2.05, 4.69) is 0 Å². The monoisotopic (exact) mass is 420 g/mol. The van der Waals surface area contributed by atoms with Crippen LogP contribution in [0.3, 0.4) is 0 Å². The number of ether oxygens (including phenoxy) is 2. The number of esters is 2. The van der Waals surface area contributed by atoms with Gasteiger partial charge in [0, 0.05) is 5.41 Å². The number of benzene rings is 2. The zero-order valence-electron chi connectivity index (χ0n) is 15.8. The summed E-state index contributed by atoms with van der Waals surface area (Å²) in [5.74, 6) is -4.07. The molecule has 0 saturated heterocycles. The smallest absolute Gasteiger partial charge is 0.343 e. The fourth-order valence-electron chi connectivity index (χ4n) is 2.48. The van der Waals surface area contributed by atoms with Gasteiger partial charge in [0.05, 0.1) is 13.2 Å². The Balaban J connectivity index is 2.72. The van der Waals surface area contributed by atoms with Gasteiger partial charge in [0.2, 0.25) is 9.84 Å². The Labute approximate surface area is 167 Å². The van der Waals surface area contributed by atoms with E-state index in [1.807, 2.05) is 0 Å². The highest BCUT2D eigenvalue weighted by molar-refractivity contribution is 7.94. The molecule has 2 rings (SSSR count). The van der Waals surface area contributed by atoms with Crippen molar-refractivity contribution in [2.24, 2.45) is 0 Å². The van der Waals surface area contributed by atoms with E-state index in [1.54, 1.807) is 30.3 Å². The number of hydrogen-bond acceptors (Lipinski definition) is 8. The van der Waals surface area contributed by atoms with Gasteiger partial charge in [-0.25, -0.2) is 18.0 Å². The van der Waals surface area contributed by atoms with Crippen LogP contribution in [-0.4, -0.2) is 43.8 Å². The fraction of sp³-hybridized carbons (Fsp3) is 0.200. The Morgan fingerprint density at radius 3 is 2.17 bits per heavy atom. The third-order valence-corrected chi connectivity index (χ3v) is 5.19. The zero-order valence-corrected chi connectivity index (χ0v) is 16.6. The Hall–Kier alpha value is -3.33. The third kappa shape index (κ3) is 4.94. The lowest BCUT2D eigenvalue weighted by atomic mass is 10.1. The molecule has 0 aromatic heterocycles. The summed E-state index contributed by atoms with van der Waals surface area (Å²) < 4.78 is 35.4. The van der Waals surface area contributed by atoms with Gasteiger partial charge >= 0.3 is 11.9 Å². The molecule has 29 heavy (non-hydrogen) atoms. The molecule has 0 spiro atoms. The first-order valence-electron chi connectivity index (χ1n) is 8.64. The van der Waals surface area contributed by atoms with Crippen LogP contribution in [0.2, 0.25) is 0 Å². The Kier molecular flexibility index (Phi) is 7.00. The molecule has 154 valence electrons. The van der Waals surface area contributed by atoms with Crippen molar-refractivity contribution in [2.75, 3.05) is 13.2 Å². The third-order valence-electron chi connectivity index (χ3n) is 3.73. The van der Waals surface area contributed by atoms with Crippen LogP contribution < -0.4 is 0 Å². The van der Waals surface area contributed by atoms with E-state index in [0.717, 1.165) is 11.5 Å². The van der Waals surface area contributed by atoms with Crippen LogP contribution >= 0.6 is 0 Å². The quantitative estimate of drug-likeness (QED) is 0.517. The summed E-state index contributed by atoms with van der Waals surface area (Å²) in [5, 5.41) is 21.5. The maximum atomic E-state index is 12.9. The minimum Gasteiger partial charge on any atom is -0.507 e. The highest BCUT2D eigenvalue weighted by Crippen LogP contribution is 2.38. The molecule has 9 heteroatoms. The molecule has 0 bridgehead atoms. The predicted molar refractivity (Wildman–Crippen MR) is 104 cm³/mol. The Morgan fingerprint density at radius 1 is 1.00 bits per heavy atom. The average molecular weight is 420 g/mol. The maximum absolute atomic E-state index is 12.9. The van der Waals surface area contributed by atoms with Gasteiger partial charge in [-0.2, -0.15) is 0 Å². The number of carbonyl (C=O) groups is 2. The molecular weight excluding hydrogens is 400 g/mol. The second-order valence-corrected chi connectivity index (χ2v) is 7.47. The predicted octanol–water partition coefficient (Wildman–Crippen LogP) is 2.90. The standard InChI is InChI=1S/C20H20O8S/c1-3-27-19(23)14-12-15(21)16(20(24)28-4-2)18(17(14)22)29(25,26)11-10-13-8-6-5-7-9-13/h5-12,21-22H,3-4H2,1-2H3. The topological polar surface area (TPSA) is 127 Å². The first-order valence-corrected chi connectivity index (χ1v) is 10.2. The molecule has 2 aromatic rings. The molecule has 0 atom stereocenters. The van der Waals surface area contributed by atoms with E-state index in [4.69, 9.17) is 9.47 Å². The van der Waals surface area contributed by atoms with Crippen molar-refractivity contribution in [1.82, 2.24) is 0 Å². The number of rotatable bonds is 7. The molecule has 0 radical (unpaired) electrons. The van der Waals surface area contributed by atoms with Crippen LogP contribution in [-0.2, 0) is 19.3 Å². The lowest BCUT2D eigenvalue weighted by Gasteiger charge is -2.14. The summed E-state index contributed by atoms with van der Waals surface area (Å²) in [6.07, 6.45) is 1.25. The van der Waals surface area contributed by atoms with E-state index in [9.17, 15) is 28.2 Å². The van der Waals surface area contributed by atoms with E-state index < -0.39 is 49.3 Å². The molecule has 0 aliphatic carbocycles. The first kappa shape index (κ1) is 22.0. The van der Waals surface area contributed by atoms with Gasteiger partial charge in [-0.05, 0) is 31.6 Å². The molecular formula is C20H20O8S. The van der Waals surface area contributed by atoms with E-state index in [-0.39, 0.29) is 13.2 Å². The fourth-order valence-corrected chi connectivity index (χ4v) is 3.80. The highest BCUT2D eigenvalue weighted by atomic mass is 32.2. The van der Waals surface area contributed by atoms with E-state index >= 15 is 0 Å². The minimum atomic E-state index is -4.48. The summed E-state index contributed by atoms with van der Waals surface area (Å²) in [6.45, 7) is 2.86. The summed E-state index contributed by atoms with van der Waals surface area (Å²) >= 11 is 0. The highest BCUT2D eigenvalue weighted by Gasteiger charge is 2.33. The molecule has 0 aliphatic rings. The van der Waals surface area contributed by atoms with Crippen LogP contribution in [0.5, 0.6) is 11.5 Å². The van der Waals surface area contributed by atoms with Gasteiger partial charge in [-0.1, -0.05) is 30.3 Å². The van der Waals surface area contributed by atoms with Crippen molar-refractivity contribution in [2.45, 2.75) is 18.7 Å². The number of hydrogen-bond donors (Lipinski definition) is 2. The van der Waals surface area contributed by atoms with Crippen molar-refractivity contribution in [3.63, 3.8) is 0 Å². The molecule has 0 saturated carbocycles. The zero-order chi connectivity index (χ0) is 21.6. The second-order valence-electron chi connectivity index (χ2n) is 5.70. The van der Waals surface area contributed by atoms with Crippen LogP contribution in [0.4, 0.5) is 0 Å². The van der Waals surface area contributed by atoms with Gasteiger partial charge in [-0.3, -0.25) is 0 Å². The van der Waals surface area contributed by atoms with E-state index in [1.165, 1.54) is 19.9 Å². The molecule has 0 unspecified atom stereocenters. The van der Waals surface area contributed by atoms with Crippen LogP contribution in [0, 0.1) is 0 Å². The number of aromatic hydroxyl groups is 2. The van der Waals surface area contributed by atoms with Crippen molar-refractivity contribution < 1.29 is 37.7 Å². The van der Waals surface area contributed by atoms with Gasteiger partial charge in [-0.15, -0.1) is 0 Å². The van der Waals surface area contributed by atoms with Crippen molar-refractivity contribution >= 4 is 27.9 Å². The van der Waals surface area contributed by atoms with Gasteiger partial charge in [0.25, 0.3) is 0 Å². The summed E-state index contributed by atoms with van der Waals surface area (Å²) in [4.78, 5) is 23.4. The molecule has 0 heterocycles. The average Bonchev–Trinajstić information content (AvgIpc) is 2.68. The van der Waals surface area contributed by atoms with Gasteiger partial charge in [0.15, 0.2) is 0 Å². The first-order chi connectivity index (χ1) is 13.7. The van der Waals surface area contributed by atoms with E-state index in [0.29, 0.717) is 5.56 Å². The van der Waals surface area contributed by atoms with Crippen LogP contribution in [0.1, 0.15) is 40.1 Å². The number of phenolic OH excluding ortho intramolecular Hbond substituents is 2. The largest absolute Gasteiger partial charge is 0.507 e. The molecule has 0 aliphatic heterocycles. The van der Waals surface area contributed by atoms with Crippen molar-refractivity contribution in [3.05, 3.63) is 58.5 Å². The van der Waals surface area contributed by atoms with Crippen molar-refractivity contribution in [3.8, 4) is 11.5 Å². The summed E-state index contributed by atoms with van der Waals surface area (Å²) in [5.41, 5.74) is -0.821. The number of phenols is 2. The Bertz CT molecular complexity index is 1040. The lowest BCUT2D eigenvalue weighted by Crippen LogP contribution is -2.14. The molecule has 8 nitrogen and oxygen atoms in total. The SMILES string of the molecule is CCOC(=O)c1cc(O)c(C(=O)OCC)c(S(=O)(=O)C=Cc2ccccc2)c1O.